The summed E-state index contributed by atoms with van der Waals surface area (Å²) in [7, 11) is 1.68. The lowest BCUT2D eigenvalue weighted by atomic mass is 9.79. The van der Waals surface area contributed by atoms with Crippen LogP contribution in [0.25, 0.3) is 0 Å². The van der Waals surface area contributed by atoms with Crippen molar-refractivity contribution in [3.8, 4) is 17.6 Å². The normalized spacial score (nSPS) is 42.3. The van der Waals surface area contributed by atoms with E-state index in [4.69, 9.17) is 9.47 Å². The van der Waals surface area contributed by atoms with Gasteiger partial charge in [0.05, 0.1) is 17.5 Å². The number of hydrogen-bond acceptors (Lipinski definition) is 7. The van der Waals surface area contributed by atoms with E-state index in [0.29, 0.717) is 24.5 Å². The zero-order valence-electron chi connectivity index (χ0n) is 15.2. The molecule has 0 aromatic heterocycles. The highest BCUT2D eigenvalue weighted by Crippen LogP contribution is 2.65. The van der Waals surface area contributed by atoms with Gasteiger partial charge < -0.3 is 14.4 Å². The Kier molecular flexibility index (Phi) is 3.33. The molecular weight excluding hydrogens is 386 g/mol. The van der Waals surface area contributed by atoms with Crippen LogP contribution in [0.4, 0.5) is 0 Å². The van der Waals surface area contributed by atoms with E-state index in [9.17, 15) is 14.3 Å². The van der Waals surface area contributed by atoms with E-state index >= 15 is 0 Å². The van der Waals surface area contributed by atoms with Crippen molar-refractivity contribution in [1.82, 2.24) is 9.80 Å². The smallest absolute Gasteiger partial charge is 0.255 e. The summed E-state index contributed by atoms with van der Waals surface area (Å²) in [6, 6.07) is 7.86. The molecule has 142 valence electrons. The summed E-state index contributed by atoms with van der Waals surface area (Å²) in [6.45, 7) is 4.39. The Bertz CT molecular complexity index is 949. The van der Waals surface area contributed by atoms with Crippen molar-refractivity contribution in [3.05, 3.63) is 23.8 Å². The first-order chi connectivity index (χ1) is 12.7. The molecule has 0 aliphatic carbocycles. The SMILES string of the molecule is CN1C(=O)[C@@]23C[C@](C)(C#N)[C@H](c4ccc5c(c4)OCO5)N2C[C@]1(C)S(=O)S3. The predicted molar refractivity (Wildman–Crippen MR) is 100.0 cm³/mol. The second kappa shape index (κ2) is 5.19. The lowest BCUT2D eigenvalue weighted by Gasteiger charge is -2.58. The summed E-state index contributed by atoms with van der Waals surface area (Å²) in [6.07, 6.45) is 0.339. The largest absolute Gasteiger partial charge is 0.454 e. The van der Waals surface area contributed by atoms with Crippen LogP contribution in [0.15, 0.2) is 18.2 Å². The number of nitrogens with zero attached hydrogens (tertiary/aromatic N) is 3. The number of carbonyl (C=O) groups excluding carboxylic acids is 1. The third-order valence-corrected chi connectivity index (χ3v) is 10.8. The number of amides is 1. The van der Waals surface area contributed by atoms with Crippen molar-refractivity contribution >= 4 is 26.5 Å². The summed E-state index contributed by atoms with van der Waals surface area (Å²) in [5.74, 6) is 1.27. The number of nitriles is 1. The first-order valence-electron chi connectivity index (χ1n) is 8.72. The molecule has 27 heavy (non-hydrogen) atoms. The van der Waals surface area contributed by atoms with Crippen LogP contribution < -0.4 is 9.47 Å². The topological polar surface area (TPSA) is 82.9 Å². The molecule has 4 saturated heterocycles. The molecule has 0 saturated carbocycles. The molecule has 1 aromatic carbocycles. The van der Waals surface area contributed by atoms with Crippen molar-refractivity contribution in [2.45, 2.75) is 36.1 Å². The van der Waals surface area contributed by atoms with Gasteiger partial charge in [-0.05, 0) is 42.3 Å². The predicted octanol–water partition coefficient (Wildman–Crippen LogP) is 1.99. The average molecular weight is 406 g/mol. The Hall–Kier alpha value is -1.76. The molecule has 6 rings (SSSR count). The molecule has 5 atom stereocenters. The highest BCUT2D eigenvalue weighted by Gasteiger charge is 2.73. The molecule has 9 heteroatoms. The Morgan fingerprint density at radius 1 is 1.33 bits per heavy atom. The minimum Gasteiger partial charge on any atom is -0.454 e. The van der Waals surface area contributed by atoms with Gasteiger partial charge in [0.15, 0.2) is 16.4 Å². The first kappa shape index (κ1) is 17.3. The molecule has 1 aromatic rings. The number of rotatable bonds is 1. The highest BCUT2D eigenvalue weighted by atomic mass is 33.1. The van der Waals surface area contributed by atoms with Gasteiger partial charge >= 0.3 is 0 Å². The van der Waals surface area contributed by atoms with E-state index in [-0.39, 0.29) is 18.7 Å². The van der Waals surface area contributed by atoms with Crippen LogP contribution >= 0.6 is 10.8 Å². The van der Waals surface area contributed by atoms with Gasteiger partial charge in [-0.3, -0.25) is 9.69 Å². The van der Waals surface area contributed by atoms with Crippen molar-refractivity contribution in [2.75, 3.05) is 20.4 Å². The summed E-state index contributed by atoms with van der Waals surface area (Å²) < 4.78 is 23.8. The number of fused-ring (bicyclic) bond motifs is 3. The van der Waals surface area contributed by atoms with Gasteiger partial charge in [0.25, 0.3) is 5.91 Å². The lowest BCUT2D eigenvalue weighted by molar-refractivity contribution is -0.147. The van der Waals surface area contributed by atoms with Crippen LogP contribution in [-0.4, -0.2) is 50.0 Å². The standard InChI is InChI=1S/C18H19N3O4S2/c1-16(8-19)7-18-15(22)20(3)17(2,27(23)26-18)9-21(18)14(16)11-4-5-12-13(6-11)25-10-24-12/h4-6,14H,7,9-10H2,1-3H3/t14-,16+,17-,18-,27?/m0/s1. The minimum absolute atomic E-state index is 0.0643. The van der Waals surface area contributed by atoms with Crippen LogP contribution in [-0.2, 0) is 14.6 Å². The van der Waals surface area contributed by atoms with Gasteiger partial charge in [-0.25, -0.2) is 4.21 Å². The monoisotopic (exact) mass is 405 g/mol. The second-order valence-electron chi connectivity index (χ2n) is 7.99. The Morgan fingerprint density at radius 3 is 2.81 bits per heavy atom. The van der Waals surface area contributed by atoms with Gasteiger partial charge in [-0.15, -0.1) is 0 Å². The van der Waals surface area contributed by atoms with Gasteiger partial charge in [0.2, 0.25) is 6.79 Å². The quantitative estimate of drug-likeness (QED) is 0.661. The van der Waals surface area contributed by atoms with Crippen LogP contribution in [0.2, 0.25) is 0 Å². The molecule has 1 amide bonds. The van der Waals surface area contributed by atoms with Gasteiger partial charge in [0.1, 0.15) is 14.7 Å². The van der Waals surface area contributed by atoms with Gasteiger partial charge in [-0.1, -0.05) is 6.07 Å². The fraction of sp³-hybridized carbons (Fsp3) is 0.556. The van der Waals surface area contributed by atoms with Gasteiger partial charge in [-0.2, -0.15) is 5.26 Å². The van der Waals surface area contributed by atoms with Crippen LogP contribution in [0.5, 0.6) is 11.5 Å². The van der Waals surface area contributed by atoms with Crippen LogP contribution in [0.3, 0.4) is 0 Å². The summed E-state index contributed by atoms with van der Waals surface area (Å²) in [5.41, 5.74) is 0.120. The maximum absolute atomic E-state index is 13.3. The number of ether oxygens (including phenoxy) is 2. The second-order valence-corrected chi connectivity index (χ2v) is 11.6. The van der Waals surface area contributed by atoms with Crippen molar-refractivity contribution < 1.29 is 18.5 Å². The molecule has 5 heterocycles. The third-order valence-electron chi connectivity index (χ3n) is 6.34. The average Bonchev–Trinajstić information content (AvgIpc) is 3.20. The molecule has 4 fully saturated rings. The minimum atomic E-state index is -1.24. The molecule has 1 spiro atoms. The maximum atomic E-state index is 13.3. The summed E-state index contributed by atoms with van der Waals surface area (Å²) in [4.78, 5) is 15.3. The molecule has 0 radical (unpaired) electrons. The van der Waals surface area contributed by atoms with Crippen molar-refractivity contribution in [1.29, 1.82) is 5.26 Å². The van der Waals surface area contributed by atoms with E-state index < -0.39 is 25.0 Å². The fourth-order valence-corrected chi connectivity index (χ4v) is 9.06. The van der Waals surface area contributed by atoms with Crippen LogP contribution in [0.1, 0.15) is 31.9 Å². The third kappa shape index (κ3) is 1.96. The van der Waals surface area contributed by atoms with Gasteiger partial charge in [0, 0.05) is 20.0 Å². The summed E-state index contributed by atoms with van der Waals surface area (Å²) >= 11 is 0. The zero-order valence-corrected chi connectivity index (χ0v) is 16.9. The Morgan fingerprint density at radius 2 is 2.07 bits per heavy atom. The first-order valence-corrected chi connectivity index (χ1v) is 11.2. The molecule has 5 aliphatic rings. The molecule has 2 bridgehead atoms. The zero-order chi connectivity index (χ0) is 19.2. The number of carbonyl (C=O) groups is 1. The lowest BCUT2D eigenvalue weighted by Crippen LogP contribution is -2.74. The van der Waals surface area contributed by atoms with Crippen molar-refractivity contribution in [3.63, 3.8) is 0 Å². The van der Waals surface area contributed by atoms with E-state index in [0.717, 1.165) is 5.56 Å². The van der Waals surface area contributed by atoms with E-state index in [1.807, 2.05) is 32.0 Å². The van der Waals surface area contributed by atoms with E-state index in [1.165, 1.54) is 10.8 Å². The molecule has 7 nitrogen and oxygen atoms in total. The fourth-order valence-electron chi connectivity index (χ4n) is 4.79. The number of piperazine rings is 1. The van der Waals surface area contributed by atoms with Crippen molar-refractivity contribution in [2.24, 2.45) is 5.41 Å². The number of likely N-dealkylation sites (N-methyl/N-ethyl adjacent to an activating group) is 1. The number of benzene rings is 1. The number of hydrogen-bond donors (Lipinski definition) is 0. The van der Waals surface area contributed by atoms with Crippen LogP contribution in [0, 0.1) is 16.7 Å². The maximum Gasteiger partial charge on any atom is 0.255 e. The molecule has 0 N–H and O–H groups in total. The summed E-state index contributed by atoms with van der Waals surface area (Å²) in [5, 5.41) is 10.1. The van der Waals surface area contributed by atoms with E-state index in [1.54, 1.807) is 11.9 Å². The van der Waals surface area contributed by atoms with E-state index in [2.05, 4.69) is 11.0 Å². The highest BCUT2D eigenvalue weighted by molar-refractivity contribution is 8.70. The Labute approximate surface area is 163 Å². The molecular formula is C18H19N3O4S2. The molecule has 5 aliphatic heterocycles. The Balaban J connectivity index is 1.68. The molecule has 1 unspecified atom stereocenters.